The zero-order chi connectivity index (χ0) is 32.9. The smallest absolute Gasteiger partial charge is 0.416 e. The number of alkyl halides is 3. The average Bonchev–Trinajstić information content (AvgIpc) is 2.98. The molecule has 0 bridgehead atoms. The highest BCUT2D eigenvalue weighted by molar-refractivity contribution is 7.90. The number of carbonyl (C=O) groups excluding carboxylic acids is 2. The first kappa shape index (κ1) is 32.7. The summed E-state index contributed by atoms with van der Waals surface area (Å²) >= 11 is 6.35. The second kappa shape index (κ2) is 13.2. The maximum absolute atomic E-state index is 13.3. The second-order valence-electron chi connectivity index (χ2n) is 9.15. The predicted molar refractivity (Wildman–Crippen MR) is 156 cm³/mol. The Morgan fingerprint density at radius 2 is 1.56 bits per heavy atom. The SMILES string of the molecule is O=C(O)CNc1nc(Cl)c(-c2ccccc2)n(CC(=O)Nc2ccccc2C(=O)NS(=O)(=O)c2ccc(C(F)(F)F)cc2)c1=O. The monoisotopic (exact) mass is 663 g/mol. The van der Waals surface area contributed by atoms with Crippen LogP contribution in [0, 0.1) is 0 Å². The zero-order valence-electron chi connectivity index (χ0n) is 22.6. The molecule has 4 aromatic rings. The number of hydrogen-bond donors (Lipinski definition) is 4. The maximum atomic E-state index is 13.3. The Hall–Kier alpha value is -5.22. The number of aliphatic carboxylic acids is 1. The molecule has 0 aliphatic carbocycles. The van der Waals surface area contributed by atoms with Crippen LogP contribution in [0.1, 0.15) is 15.9 Å². The van der Waals surface area contributed by atoms with Crippen molar-refractivity contribution in [1.29, 1.82) is 0 Å². The minimum Gasteiger partial charge on any atom is -0.480 e. The van der Waals surface area contributed by atoms with Crippen molar-refractivity contribution >= 4 is 50.9 Å². The molecule has 0 radical (unpaired) electrons. The molecule has 4 N–H and O–H groups in total. The highest BCUT2D eigenvalue weighted by atomic mass is 35.5. The summed E-state index contributed by atoms with van der Waals surface area (Å²) in [6.45, 7) is -1.37. The summed E-state index contributed by atoms with van der Waals surface area (Å²) in [5.74, 6) is -3.81. The molecule has 45 heavy (non-hydrogen) atoms. The molecule has 1 aromatic heterocycles. The molecule has 12 nitrogen and oxygen atoms in total. The molecule has 0 spiro atoms. The quantitative estimate of drug-likeness (QED) is 0.196. The number of benzene rings is 3. The van der Waals surface area contributed by atoms with Crippen LogP contribution >= 0.6 is 11.6 Å². The molecule has 0 saturated carbocycles. The molecule has 2 amide bonds. The number of rotatable bonds is 10. The van der Waals surface area contributed by atoms with Crippen LogP contribution in [0.5, 0.6) is 0 Å². The number of nitrogens with zero attached hydrogens (tertiary/aromatic N) is 2. The molecule has 17 heteroatoms. The first-order chi connectivity index (χ1) is 21.2. The zero-order valence-corrected chi connectivity index (χ0v) is 24.2. The lowest BCUT2D eigenvalue weighted by Crippen LogP contribution is -2.33. The number of carbonyl (C=O) groups is 3. The van der Waals surface area contributed by atoms with E-state index in [1.165, 1.54) is 24.3 Å². The normalized spacial score (nSPS) is 11.5. The van der Waals surface area contributed by atoms with Gasteiger partial charge in [-0.15, -0.1) is 0 Å². The minimum atomic E-state index is -4.70. The van der Waals surface area contributed by atoms with Crippen LogP contribution < -0.4 is 20.9 Å². The number of hydrogen-bond acceptors (Lipinski definition) is 8. The number of amides is 2. The van der Waals surface area contributed by atoms with Gasteiger partial charge in [-0.25, -0.2) is 18.1 Å². The molecule has 3 aromatic carbocycles. The number of halogens is 4. The highest BCUT2D eigenvalue weighted by Gasteiger charge is 2.31. The van der Waals surface area contributed by atoms with Crippen LogP contribution in [0.25, 0.3) is 11.3 Å². The summed E-state index contributed by atoms with van der Waals surface area (Å²) in [5.41, 5.74) is -2.03. The number of carboxylic acid groups (broad SMARTS) is 1. The van der Waals surface area contributed by atoms with Crippen molar-refractivity contribution < 1.29 is 41.1 Å². The van der Waals surface area contributed by atoms with Crippen LogP contribution in [-0.2, 0) is 32.3 Å². The van der Waals surface area contributed by atoms with E-state index in [0.29, 0.717) is 29.8 Å². The molecular weight excluding hydrogens is 643 g/mol. The van der Waals surface area contributed by atoms with E-state index >= 15 is 0 Å². The summed E-state index contributed by atoms with van der Waals surface area (Å²) in [6.07, 6.45) is -4.70. The van der Waals surface area contributed by atoms with Gasteiger partial charge in [-0.2, -0.15) is 13.2 Å². The maximum Gasteiger partial charge on any atom is 0.416 e. The third kappa shape index (κ3) is 7.84. The second-order valence-corrected chi connectivity index (χ2v) is 11.2. The number of anilines is 2. The molecule has 0 unspecified atom stereocenters. The Balaban J connectivity index is 1.61. The van der Waals surface area contributed by atoms with Crippen molar-refractivity contribution in [3.8, 4) is 11.3 Å². The molecule has 234 valence electrons. The van der Waals surface area contributed by atoms with E-state index in [9.17, 15) is 40.8 Å². The van der Waals surface area contributed by atoms with Gasteiger partial charge in [-0.05, 0) is 36.4 Å². The van der Waals surface area contributed by atoms with E-state index in [4.69, 9.17) is 16.7 Å². The lowest BCUT2D eigenvalue weighted by molar-refractivity contribution is -0.137. The van der Waals surface area contributed by atoms with Gasteiger partial charge in [-0.1, -0.05) is 54.1 Å². The number of nitrogens with one attached hydrogen (secondary N) is 3. The third-order valence-electron chi connectivity index (χ3n) is 6.04. The van der Waals surface area contributed by atoms with Gasteiger partial charge in [0.25, 0.3) is 21.5 Å². The Morgan fingerprint density at radius 3 is 2.18 bits per heavy atom. The van der Waals surface area contributed by atoms with Gasteiger partial charge in [0, 0.05) is 5.56 Å². The van der Waals surface area contributed by atoms with E-state index < -0.39 is 68.9 Å². The van der Waals surface area contributed by atoms with Crippen molar-refractivity contribution in [2.75, 3.05) is 17.2 Å². The molecule has 0 saturated heterocycles. The number of para-hydroxylation sites is 1. The molecular formula is C28H21ClF3N5O7S. The van der Waals surface area contributed by atoms with Gasteiger partial charge in [0.1, 0.15) is 13.1 Å². The van der Waals surface area contributed by atoms with Gasteiger partial charge in [-0.3, -0.25) is 23.7 Å². The molecule has 0 aliphatic rings. The fraction of sp³-hybridized carbons (Fsp3) is 0.107. The fourth-order valence-electron chi connectivity index (χ4n) is 4.02. The summed E-state index contributed by atoms with van der Waals surface area (Å²) in [4.78, 5) is 53.8. The Kier molecular flexibility index (Phi) is 9.58. The van der Waals surface area contributed by atoms with Gasteiger partial charge in [0.05, 0.1) is 27.4 Å². The predicted octanol–water partition coefficient (Wildman–Crippen LogP) is 3.84. The van der Waals surface area contributed by atoms with E-state index in [2.05, 4.69) is 15.6 Å². The Morgan fingerprint density at radius 1 is 0.933 bits per heavy atom. The third-order valence-corrected chi connectivity index (χ3v) is 7.65. The molecule has 0 atom stereocenters. The standard InChI is InChI=1S/C28H21ClF3N5O7S/c29-24-23(16-6-2-1-3-7-16)37(27(42)25(35-24)33-14-22(39)40)15-21(38)34-20-9-5-4-8-19(20)26(41)36-45(43,44)18-12-10-17(11-13-18)28(30,31)32/h1-13H,14-15H2,(H,33,35)(H,34,38)(H,36,41)(H,39,40). The Bertz CT molecular complexity index is 1940. The highest BCUT2D eigenvalue weighted by Crippen LogP contribution is 2.30. The lowest BCUT2D eigenvalue weighted by Gasteiger charge is -2.17. The average molecular weight is 664 g/mol. The van der Waals surface area contributed by atoms with Crippen molar-refractivity contribution in [3.63, 3.8) is 0 Å². The molecule has 4 rings (SSSR count). The fourth-order valence-corrected chi connectivity index (χ4v) is 5.28. The number of carboxylic acids is 1. The van der Waals surface area contributed by atoms with Gasteiger partial charge in [0.15, 0.2) is 11.0 Å². The first-order valence-electron chi connectivity index (χ1n) is 12.6. The van der Waals surface area contributed by atoms with E-state index in [1.54, 1.807) is 35.1 Å². The summed E-state index contributed by atoms with van der Waals surface area (Å²) < 4.78 is 66.7. The summed E-state index contributed by atoms with van der Waals surface area (Å²) in [7, 11) is -4.62. The number of sulfonamides is 1. The number of aromatic nitrogens is 2. The lowest BCUT2D eigenvalue weighted by atomic mass is 10.1. The molecule has 0 fully saturated rings. The van der Waals surface area contributed by atoms with Crippen molar-refractivity contribution in [2.45, 2.75) is 17.6 Å². The van der Waals surface area contributed by atoms with Gasteiger partial charge < -0.3 is 15.7 Å². The van der Waals surface area contributed by atoms with Gasteiger partial charge in [0.2, 0.25) is 5.91 Å². The largest absolute Gasteiger partial charge is 0.480 e. The van der Waals surface area contributed by atoms with Gasteiger partial charge >= 0.3 is 12.1 Å². The van der Waals surface area contributed by atoms with Crippen molar-refractivity contribution in [1.82, 2.24) is 14.3 Å². The van der Waals surface area contributed by atoms with Crippen LogP contribution in [-0.4, -0.2) is 47.4 Å². The van der Waals surface area contributed by atoms with Crippen molar-refractivity contribution in [3.05, 3.63) is 105 Å². The van der Waals surface area contributed by atoms with Crippen LogP contribution in [0.2, 0.25) is 5.15 Å². The topological polar surface area (TPSA) is 177 Å². The van der Waals surface area contributed by atoms with Crippen molar-refractivity contribution in [2.24, 2.45) is 0 Å². The van der Waals surface area contributed by atoms with E-state index in [0.717, 1.165) is 4.57 Å². The summed E-state index contributed by atoms with van der Waals surface area (Å²) in [5, 5.41) is 13.5. The van der Waals surface area contributed by atoms with E-state index in [1.807, 2.05) is 0 Å². The Labute approximate surface area is 257 Å². The van der Waals surface area contributed by atoms with E-state index in [-0.39, 0.29) is 22.1 Å². The van der Waals surface area contributed by atoms with Crippen LogP contribution in [0.4, 0.5) is 24.7 Å². The minimum absolute atomic E-state index is 0.0342. The summed E-state index contributed by atoms with van der Waals surface area (Å²) in [6, 6.07) is 15.9. The van der Waals surface area contributed by atoms with Crippen LogP contribution in [0.15, 0.2) is 88.6 Å². The van der Waals surface area contributed by atoms with Crippen LogP contribution in [0.3, 0.4) is 0 Å². The molecule has 1 heterocycles. The molecule has 0 aliphatic heterocycles. The first-order valence-corrected chi connectivity index (χ1v) is 14.5.